The molecule has 0 spiro atoms. The summed E-state index contributed by atoms with van der Waals surface area (Å²) in [5.41, 5.74) is -0.655. The lowest BCUT2D eigenvalue weighted by Crippen LogP contribution is -2.43. The highest BCUT2D eigenvalue weighted by atomic mass is 19.4. The molecule has 0 bridgehead atoms. The van der Waals surface area contributed by atoms with Crippen LogP contribution in [0.25, 0.3) is 5.57 Å². The highest BCUT2D eigenvalue weighted by Crippen LogP contribution is 2.24. The third-order valence-corrected chi connectivity index (χ3v) is 3.94. The van der Waals surface area contributed by atoms with Crippen LogP contribution in [0, 0.1) is 19.3 Å². The number of hydrogen-bond donors (Lipinski definition) is 2. The average molecular weight is 401 g/mol. The standard InChI is InChI=1S/C17H22F3N5O3/c1-6-14(17(18,19)20)22-7-10(2)24(5)25(9-21)8-13(16(26)27)15-11(3)23-28-12(15)4/h6,8-10,21H,1,7H2,2-5H3,(H,26,27)/b13-8+,21-9?,22-14+. The quantitative estimate of drug-likeness (QED) is 0.285. The van der Waals surface area contributed by atoms with E-state index in [4.69, 9.17) is 9.93 Å². The number of halogens is 3. The fraction of sp³-hybridized carbons (Fsp3) is 0.412. The van der Waals surface area contributed by atoms with Crippen LogP contribution in [0.1, 0.15) is 23.9 Å². The van der Waals surface area contributed by atoms with Gasteiger partial charge < -0.3 is 9.63 Å². The molecule has 1 rings (SSSR count). The van der Waals surface area contributed by atoms with E-state index in [1.54, 1.807) is 20.8 Å². The minimum atomic E-state index is -4.61. The highest BCUT2D eigenvalue weighted by molar-refractivity contribution is 6.16. The lowest BCUT2D eigenvalue weighted by Gasteiger charge is -2.31. The number of nitrogens with one attached hydrogen (secondary N) is 1. The Morgan fingerprint density at radius 3 is 2.46 bits per heavy atom. The van der Waals surface area contributed by atoms with Crippen molar-refractivity contribution in [3.05, 3.63) is 35.9 Å². The number of allylic oxidation sites excluding steroid dienone is 1. The van der Waals surface area contributed by atoms with Gasteiger partial charge in [0, 0.05) is 19.3 Å². The summed E-state index contributed by atoms with van der Waals surface area (Å²) in [6.07, 6.45) is -1.98. The van der Waals surface area contributed by atoms with Gasteiger partial charge in [0.25, 0.3) is 0 Å². The van der Waals surface area contributed by atoms with Crippen molar-refractivity contribution >= 4 is 23.6 Å². The summed E-state index contributed by atoms with van der Waals surface area (Å²) in [7, 11) is 1.50. The number of aliphatic imine (C=N–C) groups is 1. The van der Waals surface area contributed by atoms with E-state index in [0.29, 0.717) is 11.8 Å². The Kier molecular flexibility index (Phi) is 7.68. The second kappa shape index (κ2) is 9.31. The minimum Gasteiger partial charge on any atom is -0.478 e. The van der Waals surface area contributed by atoms with Crippen LogP contribution in [-0.4, -0.2) is 64.1 Å². The van der Waals surface area contributed by atoms with Crippen molar-refractivity contribution in [3.63, 3.8) is 0 Å². The number of hydrogen-bond acceptors (Lipinski definition) is 6. The maximum Gasteiger partial charge on any atom is 0.432 e. The molecule has 2 N–H and O–H groups in total. The van der Waals surface area contributed by atoms with Gasteiger partial charge in [-0.25, -0.2) is 9.80 Å². The van der Waals surface area contributed by atoms with Crippen LogP contribution in [0.5, 0.6) is 0 Å². The molecule has 0 fully saturated rings. The maximum absolute atomic E-state index is 12.7. The monoisotopic (exact) mass is 401 g/mol. The molecule has 8 nitrogen and oxygen atoms in total. The smallest absolute Gasteiger partial charge is 0.432 e. The predicted octanol–water partition coefficient (Wildman–Crippen LogP) is 3.05. The molecule has 1 aromatic rings. The van der Waals surface area contributed by atoms with Gasteiger partial charge >= 0.3 is 12.1 Å². The number of carbonyl (C=O) groups is 1. The molecule has 0 aliphatic carbocycles. The van der Waals surface area contributed by atoms with Gasteiger partial charge in [0.2, 0.25) is 0 Å². The molecule has 0 saturated carbocycles. The number of hydrazine groups is 1. The first kappa shape index (κ1) is 23.1. The third-order valence-electron chi connectivity index (χ3n) is 3.94. The summed E-state index contributed by atoms with van der Waals surface area (Å²) in [6.45, 7) is 7.57. The zero-order chi connectivity index (χ0) is 21.6. The van der Waals surface area contributed by atoms with Crippen molar-refractivity contribution in [2.75, 3.05) is 13.6 Å². The number of aliphatic carboxylic acids is 1. The predicted molar refractivity (Wildman–Crippen MR) is 98.0 cm³/mol. The number of nitrogens with zero attached hydrogens (tertiary/aromatic N) is 4. The Bertz CT molecular complexity index is 779. The molecular formula is C17H22F3N5O3. The lowest BCUT2D eigenvalue weighted by atomic mass is 10.1. The van der Waals surface area contributed by atoms with Crippen molar-refractivity contribution in [1.82, 2.24) is 15.2 Å². The van der Waals surface area contributed by atoms with Gasteiger partial charge in [0.15, 0.2) is 0 Å². The van der Waals surface area contributed by atoms with Crippen molar-refractivity contribution in [3.8, 4) is 0 Å². The molecule has 0 aliphatic rings. The van der Waals surface area contributed by atoms with E-state index in [1.807, 2.05) is 0 Å². The Morgan fingerprint density at radius 1 is 1.46 bits per heavy atom. The zero-order valence-electron chi connectivity index (χ0n) is 15.9. The Morgan fingerprint density at radius 2 is 2.07 bits per heavy atom. The van der Waals surface area contributed by atoms with Crippen LogP contribution in [-0.2, 0) is 4.79 Å². The van der Waals surface area contributed by atoms with E-state index in [2.05, 4.69) is 16.7 Å². The van der Waals surface area contributed by atoms with Gasteiger partial charge in [-0.2, -0.15) is 13.2 Å². The van der Waals surface area contributed by atoms with E-state index in [1.165, 1.54) is 18.3 Å². The highest BCUT2D eigenvalue weighted by Gasteiger charge is 2.33. The normalized spacial score (nSPS) is 14.1. The molecule has 154 valence electrons. The summed E-state index contributed by atoms with van der Waals surface area (Å²) in [5, 5.41) is 23.3. The van der Waals surface area contributed by atoms with Crippen LogP contribution in [0.2, 0.25) is 0 Å². The molecule has 1 aromatic heterocycles. The molecule has 1 atom stereocenters. The third kappa shape index (κ3) is 5.52. The number of alkyl halides is 3. The van der Waals surface area contributed by atoms with Crippen LogP contribution in [0.4, 0.5) is 13.2 Å². The van der Waals surface area contributed by atoms with E-state index in [-0.39, 0.29) is 23.4 Å². The van der Waals surface area contributed by atoms with Gasteiger partial charge in [-0.3, -0.25) is 15.4 Å². The molecule has 1 unspecified atom stereocenters. The zero-order valence-corrected chi connectivity index (χ0v) is 15.9. The number of likely N-dealkylation sites (N-methyl/N-ethyl adjacent to an activating group) is 1. The second-order valence-corrected chi connectivity index (χ2v) is 5.91. The van der Waals surface area contributed by atoms with Gasteiger partial charge in [-0.1, -0.05) is 11.7 Å². The van der Waals surface area contributed by atoms with Crippen molar-refractivity contribution in [2.45, 2.75) is 33.0 Å². The van der Waals surface area contributed by atoms with Crippen molar-refractivity contribution in [2.24, 2.45) is 4.99 Å². The largest absolute Gasteiger partial charge is 0.478 e. The van der Waals surface area contributed by atoms with E-state index >= 15 is 0 Å². The number of rotatable bonds is 9. The van der Waals surface area contributed by atoms with E-state index < -0.39 is 23.9 Å². The summed E-state index contributed by atoms with van der Waals surface area (Å²) in [4.78, 5) is 15.2. The molecule has 0 saturated heterocycles. The van der Waals surface area contributed by atoms with Crippen LogP contribution in [0.3, 0.4) is 0 Å². The van der Waals surface area contributed by atoms with Gasteiger partial charge in [-0.15, -0.1) is 0 Å². The van der Waals surface area contributed by atoms with Gasteiger partial charge in [0.05, 0.1) is 23.4 Å². The molecular weight excluding hydrogens is 379 g/mol. The summed E-state index contributed by atoms with van der Waals surface area (Å²) >= 11 is 0. The maximum atomic E-state index is 12.7. The topological polar surface area (TPSA) is 106 Å². The first-order valence-electron chi connectivity index (χ1n) is 8.08. The number of aromatic nitrogens is 1. The lowest BCUT2D eigenvalue weighted by molar-refractivity contribution is -0.130. The minimum absolute atomic E-state index is 0.177. The molecule has 11 heteroatoms. The fourth-order valence-electron chi connectivity index (χ4n) is 2.29. The average Bonchev–Trinajstić information content (AvgIpc) is 2.93. The molecule has 0 aromatic carbocycles. The Balaban J connectivity index is 3.15. The SMILES string of the molecule is C=C/C(=N\CC(C)N(C)N(C=N)/C=C(/C(=O)O)c1c(C)noc1C)C(F)(F)F. The molecule has 1 heterocycles. The fourth-order valence-corrected chi connectivity index (χ4v) is 2.29. The van der Waals surface area contributed by atoms with E-state index in [9.17, 15) is 23.1 Å². The summed E-state index contributed by atoms with van der Waals surface area (Å²) < 4.78 is 43.2. The molecule has 0 radical (unpaired) electrons. The first-order chi connectivity index (χ1) is 12.9. The van der Waals surface area contributed by atoms with Crippen LogP contribution < -0.4 is 0 Å². The molecule has 0 amide bonds. The molecule has 28 heavy (non-hydrogen) atoms. The number of carboxylic acid groups (broad SMARTS) is 1. The summed E-state index contributed by atoms with van der Waals surface area (Å²) in [5.74, 6) is -0.983. The van der Waals surface area contributed by atoms with Gasteiger partial charge in [-0.05, 0) is 26.8 Å². The Labute approximate surface area is 160 Å². The first-order valence-corrected chi connectivity index (χ1v) is 8.08. The molecule has 0 aliphatic heterocycles. The number of carboxylic acids is 1. The second-order valence-electron chi connectivity index (χ2n) is 5.91. The van der Waals surface area contributed by atoms with Crippen molar-refractivity contribution < 1.29 is 27.6 Å². The Hall–Kier alpha value is -2.95. The summed E-state index contributed by atoms with van der Waals surface area (Å²) in [6, 6.07) is -0.588. The van der Waals surface area contributed by atoms with Crippen LogP contribution >= 0.6 is 0 Å². The van der Waals surface area contributed by atoms with E-state index in [0.717, 1.165) is 11.3 Å². The van der Waals surface area contributed by atoms with Crippen molar-refractivity contribution in [1.29, 1.82) is 5.41 Å². The number of aryl methyl sites for hydroxylation is 2. The van der Waals surface area contributed by atoms with Gasteiger partial charge in [0.1, 0.15) is 17.8 Å². The van der Waals surface area contributed by atoms with Crippen LogP contribution in [0.15, 0.2) is 28.4 Å².